The molecule has 17 heavy (non-hydrogen) atoms. The van der Waals surface area contributed by atoms with E-state index in [4.69, 9.17) is 20.1 Å². The molecule has 6 N–H and O–H groups in total. The largest absolute Gasteiger partial charge is 0.479 e. The summed E-state index contributed by atoms with van der Waals surface area (Å²) in [6.45, 7) is -0.412. The molecule has 0 heterocycles. The lowest BCUT2D eigenvalue weighted by Crippen LogP contribution is -2.50. The van der Waals surface area contributed by atoms with E-state index in [1.54, 1.807) is 0 Å². The number of hydrogen-bond donors (Lipinski definition) is 6. The minimum Gasteiger partial charge on any atom is -0.479 e. The maximum absolute atomic E-state index is 10.5. The van der Waals surface area contributed by atoms with Crippen molar-refractivity contribution in [3.8, 4) is 0 Å². The first-order valence-corrected chi connectivity index (χ1v) is 4.99. The molecular weight excluding hydrogens is 236 g/mol. The summed E-state index contributed by atoms with van der Waals surface area (Å²) in [6, 6.07) is 0. The Bertz CT molecular complexity index is 233. The van der Waals surface area contributed by atoms with Crippen LogP contribution in [0.3, 0.4) is 0 Å². The summed E-state index contributed by atoms with van der Waals surface area (Å²) in [5, 5.41) is 54.0. The summed E-state index contributed by atoms with van der Waals surface area (Å²) in [4.78, 5) is 10.5. The first kappa shape index (κ1) is 16.2. The van der Waals surface area contributed by atoms with Crippen LogP contribution >= 0.6 is 0 Å². The lowest BCUT2D eigenvalue weighted by molar-refractivity contribution is -0.182. The van der Waals surface area contributed by atoms with Crippen LogP contribution in [0.25, 0.3) is 0 Å². The van der Waals surface area contributed by atoms with Crippen LogP contribution in [-0.2, 0) is 9.53 Å². The van der Waals surface area contributed by atoms with Gasteiger partial charge in [-0.15, -0.1) is 0 Å². The third kappa shape index (κ3) is 4.94. The number of carboxylic acid groups (broad SMARTS) is 1. The number of carboxylic acids is 1. The molecule has 0 radical (unpaired) electrons. The standard InChI is InChI=1S/C9H18O8/c1-4(9(15)16)17-8(6(13)3-11)7(14)5(12)2-10/h4-8,10-14H,2-3H2,1H3,(H,15,16)/t4-,5-,6+,7+,8-/m1/s1. The fourth-order valence-corrected chi connectivity index (χ4v) is 1.12. The van der Waals surface area contributed by atoms with E-state index in [-0.39, 0.29) is 0 Å². The molecule has 8 nitrogen and oxygen atoms in total. The van der Waals surface area contributed by atoms with Gasteiger partial charge >= 0.3 is 5.97 Å². The van der Waals surface area contributed by atoms with Crippen molar-refractivity contribution in [3.05, 3.63) is 0 Å². The van der Waals surface area contributed by atoms with Gasteiger partial charge in [0.15, 0.2) is 6.10 Å². The van der Waals surface area contributed by atoms with Gasteiger partial charge in [-0.1, -0.05) is 0 Å². The summed E-state index contributed by atoms with van der Waals surface area (Å²) < 4.78 is 4.82. The summed E-state index contributed by atoms with van der Waals surface area (Å²) in [5.41, 5.74) is 0. The van der Waals surface area contributed by atoms with Gasteiger partial charge in [0, 0.05) is 0 Å². The van der Waals surface area contributed by atoms with Crippen LogP contribution < -0.4 is 0 Å². The minimum absolute atomic E-state index is 0.786. The second-order valence-electron chi connectivity index (χ2n) is 3.57. The molecule has 0 spiro atoms. The number of carbonyl (C=O) groups is 1. The monoisotopic (exact) mass is 254 g/mol. The van der Waals surface area contributed by atoms with Gasteiger partial charge in [0.2, 0.25) is 0 Å². The van der Waals surface area contributed by atoms with Crippen LogP contribution in [0.4, 0.5) is 0 Å². The highest BCUT2D eigenvalue weighted by Gasteiger charge is 2.34. The summed E-state index contributed by atoms with van der Waals surface area (Å²) in [5.74, 6) is -1.33. The molecule has 0 unspecified atom stereocenters. The van der Waals surface area contributed by atoms with E-state index < -0.39 is 49.7 Å². The van der Waals surface area contributed by atoms with Crippen molar-refractivity contribution in [1.82, 2.24) is 0 Å². The first-order chi connectivity index (χ1) is 7.84. The molecule has 8 heteroatoms. The van der Waals surface area contributed by atoms with E-state index in [9.17, 15) is 20.1 Å². The number of hydrogen-bond acceptors (Lipinski definition) is 7. The normalized spacial score (nSPS) is 20.4. The summed E-state index contributed by atoms with van der Waals surface area (Å²) in [6.07, 6.45) is -7.77. The third-order valence-electron chi connectivity index (χ3n) is 2.19. The molecule has 0 saturated carbocycles. The maximum Gasteiger partial charge on any atom is 0.332 e. The fourth-order valence-electron chi connectivity index (χ4n) is 1.12. The molecule has 0 aliphatic rings. The zero-order valence-electron chi connectivity index (χ0n) is 9.30. The van der Waals surface area contributed by atoms with Crippen LogP contribution in [-0.4, -0.2) is 80.3 Å². The predicted molar refractivity (Wildman–Crippen MR) is 54.2 cm³/mol. The molecule has 0 amide bonds. The highest BCUT2D eigenvalue weighted by atomic mass is 16.5. The van der Waals surface area contributed by atoms with E-state index in [0.29, 0.717) is 0 Å². The van der Waals surface area contributed by atoms with Crippen LogP contribution in [0.15, 0.2) is 0 Å². The van der Waals surface area contributed by atoms with Crippen molar-refractivity contribution in [2.75, 3.05) is 13.2 Å². The minimum atomic E-state index is -1.72. The third-order valence-corrected chi connectivity index (χ3v) is 2.19. The van der Waals surface area contributed by atoms with Crippen molar-refractivity contribution in [2.24, 2.45) is 0 Å². The fraction of sp³-hybridized carbons (Fsp3) is 0.889. The highest BCUT2D eigenvalue weighted by molar-refractivity contribution is 5.71. The van der Waals surface area contributed by atoms with Crippen LogP contribution in [0.2, 0.25) is 0 Å². The van der Waals surface area contributed by atoms with Crippen LogP contribution in [0.1, 0.15) is 6.92 Å². The van der Waals surface area contributed by atoms with Gasteiger partial charge in [-0.2, -0.15) is 0 Å². The molecule has 0 aromatic rings. The Morgan fingerprint density at radius 3 is 1.94 bits per heavy atom. The summed E-state index contributed by atoms with van der Waals surface area (Å²) in [7, 11) is 0. The second kappa shape index (κ2) is 7.54. The van der Waals surface area contributed by atoms with Gasteiger partial charge in [-0.05, 0) is 6.92 Å². The molecule has 0 aromatic heterocycles. The van der Waals surface area contributed by atoms with E-state index in [0.717, 1.165) is 6.92 Å². The van der Waals surface area contributed by atoms with Crippen molar-refractivity contribution in [3.63, 3.8) is 0 Å². The zero-order valence-corrected chi connectivity index (χ0v) is 9.30. The molecule has 0 fully saturated rings. The lowest BCUT2D eigenvalue weighted by atomic mass is 10.0. The quantitative estimate of drug-likeness (QED) is 0.267. The molecule has 0 aliphatic heterocycles. The van der Waals surface area contributed by atoms with Crippen molar-refractivity contribution < 1.29 is 40.2 Å². The van der Waals surface area contributed by atoms with E-state index in [1.807, 2.05) is 0 Å². The Labute approximate surface area is 97.7 Å². The molecule has 102 valence electrons. The Kier molecular flexibility index (Phi) is 7.19. The number of rotatable bonds is 8. The van der Waals surface area contributed by atoms with Gasteiger partial charge in [0.05, 0.1) is 13.2 Å². The average molecular weight is 254 g/mol. The SMILES string of the molecule is C[C@@H](O[C@@H]([C@@H](O)[C@H](O)CO)[C@@H](O)CO)C(=O)O. The number of ether oxygens (including phenoxy) is 1. The number of aliphatic carboxylic acids is 1. The van der Waals surface area contributed by atoms with Crippen molar-refractivity contribution in [1.29, 1.82) is 0 Å². The van der Waals surface area contributed by atoms with Crippen LogP contribution in [0.5, 0.6) is 0 Å². The zero-order chi connectivity index (χ0) is 13.6. The molecule has 0 saturated heterocycles. The topological polar surface area (TPSA) is 148 Å². The Morgan fingerprint density at radius 1 is 1.12 bits per heavy atom. The van der Waals surface area contributed by atoms with Gasteiger partial charge in [0.1, 0.15) is 24.4 Å². The molecule has 0 rings (SSSR count). The second-order valence-corrected chi connectivity index (χ2v) is 3.57. The van der Waals surface area contributed by atoms with Gasteiger partial charge in [-0.25, -0.2) is 4.79 Å². The predicted octanol–water partition coefficient (Wildman–Crippen LogP) is -3.09. The molecule has 5 atom stereocenters. The van der Waals surface area contributed by atoms with Crippen LogP contribution in [0, 0.1) is 0 Å². The van der Waals surface area contributed by atoms with Gasteiger partial charge in [0.25, 0.3) is 0 Å². The highest BCUT2D eigenvalue weighted by Crippen LogP contribution is 2.12. The van der Waals surface area contributed by atoms with Crippen molar-refractivity contribution >= 4 is 5.97 Å². The Hall–Kier alpha value is -0.770. The molecule has 0 aliphatic carbocycles. The Balaban J connectivity index is 4.69. The summed E-state index contributed by atoms with van der Waals surface area (Å²) >= 11 is 0. The van der Waals surface area contributed by atoms with Gasteiger partial charge in [-0.3, -0.25) is 0 Å². The lowest BCUT2D eigenvalue weighted by Gasteiger charge is -2.30. The molecular formula is C9H18O8. The smallest absolute Gasteiger partial charge is 0.332 e. The van der Waals surface area contributed by atoms with Gasteiger partial charge < -0.3 is 35.4 Å². The Morgan fingerprint density at radius 2 is 1.59 bits per heavy atom. The molecule has 0 bridgehead atoms. The number of aliphatic hydroxyl groups excluding tert-OH is 5. The van der Waals surface area contributed by atoms with Crippen molar-refractivity contribution in [2.45, 2.75) is 37.4 Å². The number of aliphatic hydroxyl groups is 5. The molecule has 0 aromatic carbocycles. The van der Waals surface area contributed by atoms with E-state index in [2.05, 4.69) is 0 Å². The maximum atomic E-state index is 10.5. The van der Waals surface area contributed by atoms with E-state index >= 15 is 0 Å². The first-order valence-electron chi connectivity index (χ1n) is 4.99. The van der Waals surface area contributed by atoms with E-state index in [1.165, 1.54) is 0 Å². The average Bonchev–Trinajstić information content (AvgIpc) is 2.32.